The first-order valence-electron chi connectivity index (χ1n) is 7.21. The molecule has 0 aliphatic heterocycles. The van der Waals surface area contributed by atoms with Crippen molar-refractivity contribution in [2.75, 3.05) is 26.9 Å². The minimum atomic E-state index is -0.162. The average Bonchev–Trinajstić information content (AvgIpc) is 2.91. The van der Waals surface area contributed by atoms with Crippen molar-refractivity contribution in [3.63, 3.8) is 0 Å². The van der Waals surface area contributed by atoms with Crippen LogP contribution in [0.15, 0.2) is 36.5 Å². The Morgan fingerprint density at radius 1 is 1.32 bits per heavy atom. The summed E-state index contributed by atoms with van der Waals surface area (Å²) in [5.74, 6) is 0.306. The first-order chi connectivity index (χ1) is 10.7. The summed E-state index contributed by atoms with van der Waals surface area (Å²) < 4.78 is 12.1. The first-order valence-corrected chi connectivity index (χ1v) is 7.21. The lowest BCUT2D eigenvalue weighted by Gasteiger charge is -2.06. The number of aromatic nitrogens is 2. The molecule has 0 fully saturated rings. The van der Waals surface area contributed by atoms with Crippen LogP contribution in [0, 0.1) is 6.92 Å². The van der Waals surface area contributed by atoms with Gasteiger partial charge in [0.25, 0.3) is 5.91 Å². The van der Waals surface area contributed by atoms with Crippen molar-refractivity contribution in [2.45, 2.75) is 13.3 Å². The van der Waals surface area contributed by atoms with Crippen molar-refractivity contribution in [3.05, 3.63) is 42.1 Å². The van der Waals surface area contributed by atoms with Crippen molar-refractivity contribution >= 4 is 5.91 Å². The van der Waals surface area contributed by atoms with Crippen LogP contribution in [0.2, 0.25) is 0 Å². The van der Waals surface area contributed by atoms with Gasteiger partial charge in [0.2, 0.25) is 5.88 Å². The van der Waals surface area contributed by atoms with Gasteiger partial charge < -0.3 is 14.8 Å². The second-order valence-corrected chi connectivity index (χ2v) is 4.88. The number of hydrogen-bond donors (Lipinski definition) is 1. The zero-order valence-corrected chi connectivity index (χ0v) is 12.9. The quantitative estimate of drug-likeness (QED) is 0.754. The maximum Gasteiger partial charge on any atom is 0.258 e. The highest BCUT2D eigenvalue weighted by molar-refractivity contribution is 5.77. The molecular formula is C16H21N3O3. The van der Waals surface area contributed by atoms with Crippen LogP contribution in [0.4, 0.5) is 0 Å². The van der Waals surface area contributed by atoms with Gasteiger partial charge >= 0.3 is 0 Å². The average molecular weight is 303 g/mol. The summed E-state index contributed by atoms with van der Waals surface area (Å²) >= 11 is 0. The first kappa shape index (κ1) is 16.0. The summed E-state index contributed by atoms with van der Waals surface area (Å²) in [5, 5.41) is 7.12. The standard InChI is InChI=1S/C16H21N3O3/c1-13-11-19(14-7-4-3-5-8-14)18-16(13)22-12-15(20)17-9-6-10-21-2/h3-5,7-8,11H,6,9-10,12H2,1-2H3,(H,17,20). The molecule has 0 bridgehead atoms. The topological polar surface area (TPSA) is 65.4 Å². The van der Waals surface area contributed by atoms with Crippen LogP contribution in [-0.4, -0.2) is 42.6 Å². The SMILES string of the molecule is COCCCNC(=O)COc1nn(-c2ccccc2)cc1C. The molecule has 6 heteroatoms. The molecule has 2 aromatic rings. The van der Waals surface area contributed by atoms with E-state index in [1.807, 2.05) is 43.5 Å². The molecule has 0 atom stereocenters. The van der Waals surface area contributed by atoms with Crippen LogP contribution in [-0.2, 0) is 9.53 Å². The Balaban J connectivity index is 1.86. The Bertz CT molecular complexity index is 596. The number of ether oxygens (including phenoxy) is 2. The van der Waals surface area contributed by atoms with Gasteiger partial charge in [0, 0.05) is 32.0 Å². The lowest BCUT2D eigenvalue weighted by atomic mass is 10.3. The fourth-order valence-electron chi connectivity index (χ4n) is 1.93. The van der Waals surface area contributed by atoms with E-state index in [1.54, 1.807) is 11.8 Å². The smallest absolute Gasteiger partial charge is 0.258 e. The molecule has 0 aliphatic carbocycles. The van der Waals surface area contributed by atoms with Crippen molar-refractivity contribution in [1.82, 2.24) is 15.1 Å². The number of aryl methyl sites for hydroxylation is 1. The van der Waals surface area contributed by atoms with E-state index in [4.69, 9.17) is 9.47 Å². The van der Waals surface area contributed by atoms with E-state index >= 15 is 0 Å². The second kappa shape index (κ2) is 8.19. The van der Waals surface area contributed by atoms with Gasteiger partial charge in [0.15, 0.2) is 6.61 Å². The summed E-state index contributed by atoms with van der Waals surface area (Å²) in [7, 11) is 1.64. The predicted octanol–water partition coefficient (Wildman–Crippen LogP) is 1.71. The number of nitrogens with one attached hydrogen (secondary N) is 1. The highest BCUT2D eigenvalue weighted by Gasteiger charge is 2.09. The zero-order chi connectivity index (χ0) is 15.8. The van der Waals surface area contributed by atoms with Gasteiger partial charge in [-0.2, -0.15) is 0 Å². The maximum absolute atomic E-state index is 11.7. The van der Waals surface area contributed by atoms with E-state index in [-0.39, 0.29) is 12.5 Å². The lowest BCUT2D eigenvalue weighted by molar-refractivity contribution is -0.123. The van der Waals surface area contributed by atoms with E-state index < -0.39 is 0 Å². The Labute approximate surface area is 130 Å². The van der Waals surface area contributed by atoms with E-state index in [2.05, 4.69) is 10.4 Å². The van der Waals surface area contributed by atoms with Crippen molar-refractivity contribution in [2.24, 2.45) is 0 Å². The Morgan fingerprint density at radius 3 is 2.82 bits per heavy atom. The van der Waals surface area contributed by atoms with Crippen LogP contribution in [0.5, 0.6) is 5.88 Å². The van der Waals surface area contributed by atoms with Crippen LogP contribution in [0.1, 0.15) is 12.0 Å². The van der Waals surface area contributed by atoms with Crippen molar-refractivity contribution < 1.29 is 14.3 Å². The molecule has 0 saturated carbocycles. The number of carbonyl (C=O) groups is 1. The molecule has 118 valence electrons. The fourth-order valence-corrected chi connectivity index (χ4v) is 1.93. The minimum Gasteiger partial charge on any atom is -0.466 e. The number of carbonyl (C=O) groups excluding carboxylic acids is 1. The monoisotopic (exact) mass is 303 g/mol. The van der Waals surface area contributed by atoms with E-state index in [1.165, 1.54) is 0 Å². The largest absolute Gasteiger partial charge is 0.466 e. The molecule has 0 saturated heterocycles. The van der Waals surface area contributed by atoms with Gasteiger partial charge in [0.05, 0.1) is 5.69 Å². The van der Waals surface area contributed by atoms with Gasteiger partial charge in [-0.1, -0.05) is 18.2 Å². The van der Waals surface area contributed by atoms with Crippen LogP contribution in [0.25, 0.3) is 5.69 Å². The third-order valence-electron chi connectivity index (χ3n) is 3.06. The molecule has 6 nitrogen and oxygen atoms in total. The van der Waals surface area contributed by atoms with Gasteiger partial charge in [-0.05, 0) is 25.5 Å². The molecule has 0 unspecified atom stereocenters. The molecule has 1 amide bonds. The van der Waals surface area contributed by atoms with E-state index in [0.29, 0.717) is 19.0 Å². The predicted molar refractivity (Wildman–Crippen MR) is 83.3 cm³/mol. The molecule has 1 aromatic carbocycles. The second-order valence-electron chi connectivity index (χ2n) is 4.88. The molecule has 2 rings (SSSR count). The highest BCUT2D eigenvalue weighted by atomic mass is 16.5. The van der Waals surface area contributed by atoms with Gasteiger partial charge in [-0.25, -0.2) is 4.68 Å². The molecular weight excluding hydrogens is 282 g/mol. The third-order valence-corrected chi connectivity index (χ3v) is 3.06. The molecule has 1 heterocycles. The number of nitrogens with zero attached hydrogens (tertiary/aromatic N) is 2. The number of para-hydroxylation sites is 1. The van der Waals surface area contributed by atoms with Crippen LogP contribution < -0.4 is 10.1 Å². The summed E-state index contributed by atoms with van der Waals surface area (Å²) in [5.41, 5.74) is 1.83. The van der Waals surface area contributed by atoms with Gasteiger partial charge in [0.1, 0.15) is 0 Å². The Hall–Kier alpha value is -2.34. The minimum absolute atomic E-state index is 0.0420. The molecule has 22 heavy (non-hydrogen) atoms. The van der Waals surface area contributed by atoms with Crippen LogP contribution >= 0.6 is 0 Å². The number of benzene rings is 1. The van der Waals surface area contributed by atoms with Gasteiger partial charge in [-0.3, -0.25) is 4.79 Å². The lowest BCUT2D eigenvalue weighted by Crippen LogP contribution is -2.30. The van der Waals surface area contributed by atoms with E-state index in [9.17, 15) is 4.79 Å². The van der Waals surface area contributed by atoms with Crippen molar-refractivity contribution in [3.8, 4) is 11.6 Å². The molecule has 0 radical (unpaired) electrons. The summed E-state index contributed by atoms with van der Waals surface area (Å²) in [6, 6.07) is 9.75. The van der Waals surface area contributed by atoms with Gasteiger partial charge in [-0.15, -0.1) is 5.10 Å². The van der Waals surface area contributed by atoms with E-state index in [0.717, 1.165) is 17.7 Å². The molecule has 0 aliphatic rings. The Kier molecular flexibility index (Phi) is 5.97. The number of amides is 1. The Morgan fingerprint density at radius 2 is 2.09 bits per heavy atom. The number of methoxy groups -OCH3 is 1. The number of rotatable bonds is 8. The maximum atomic E-state index is 11.7. The molecule has 0 spiro atoms. The third kappa shape index (κ3) is 4.60. The number of hydrogen-bond acceptors (Lipinski definition) is 4. The zero-order valence-electron chi connectivity index (χ0n) is 12.9. The van der Waals surface area contributed by atoms with Crippen LogP contribution in [0.3, 0.4) is 0 Å². The highest BCUT2D eigenvalue weighted by Crippen LogP contribution is 2.17. The summed E-state index contributed by atoms with van der Waals surface area (Å²) in [6.07, 6.45) is 2.66. The molecule has 1 N–H and O–H groups in total. The van der Waals surface area contributed by atoms with Crippen molar-refractivity contribution in [1.29, 1.82) is 0 Å². The fraction of sp³-hybridized carbons (Fsp3) is 0.375. The summed E-state index contributed by atoms with van der Waals surface area (Å²) in [6.45, 7) is 3.06. The summed E-state index contributed by atoms with van der Waals surface area (Å²) in [4.78, 5) is 11.7. The normalized spacial score (nSPS) is 10.5. The molecule has 1 aromatic heterocycles.